The SMILES string of the molecule is Cc1ccc(-n2nc(S[C@H](C)C(=O)Nc3ccc(Br)cc3F)ccc2=O)cc1. The molecule has 0 aliphatic carbocycles. The molecule has 28 heavy (non-hydrogen) atoms. The van der Waals surface area contributed by atoms with Gasteiger partial charge in [0.05, 0.1) is 16.6 Å². The summed E-state index contributed by atoms with van der Waals surface area (Å²) in [7, 11) is 0. The van der Waals surface area contributed by atoms with E-state index in [4.69, 9.17) is 0 Å². The fourth-order valence-corrected chi connectivity index (χ4v) is 3.52. The van der Waals surface area contributed by atoms with Crippen LogP contribution in [0.25, 0.3) is 5.69 Å². The monoisotopic (exact) mass is 461 g/mol. The number of hydrogen-bond acceptors (Lipinski definition) is 4. The van der Waals surface area contributed by atoms with Gasteiger partial charge in [-0.15, -0.1) is 0 Å². The zero-order chi connectivity index (χ0) is 20.3. The van der Waals surface area contributed by atoms with E-state index in [2.05, 4.69) is 26.3 Å². The van der Waals surface area contributed by atoms with E-state index in [0.717, 1.165) is 5.56 Å². The van der Waals surface area contributed by atoms with Gasteiger partial charge in [0.2, 0.25) is 5.91 Å². The number of amides is 1. The quantitative estimate of drug-likeness (QED) is 0.565. The fourth-order valence-electron chi connectivity index (χ4n) is 2.39. The maximum Gasteiger partial charge on any atom is 0.271 e. The van der Waals surface area contributed by atoms with Crippen LogP contribution in [0.1, 0.15) is 12.5 Å². The minimum absolute atomic E-state index is 0.109. The minimum atomic E-state index is -0.542. The number of anilines is 1. The highest BCUT2D eigenvalue weighted by molar-refractivity contribution is 9.10. The van der Waals surface area contributed by atoms with Crippen molar-refractivity contribution in [1.29, 1.82) is 0 Å². The number of rotatable bonds is 5. The lowest BCUT2D eigenvalue weighted by Gasteiger charge is -2.13. The summed E-state index contributed by atoms with van der Waals surface area (Å²) < 4.78 is 15.8. The molecule has 1 aromatic heterocycles. The largest absolute Gasteiger partial charge is 0.323 e. The maximum atomic E-state index is 13.9. The molecule has 1 N–H and O–H groups in total. The van der Waals surface area contributed by atoms with Crippen LogP contribution in [0.5, 0.6) is 0 Å². The molecule has 0 aliphatic rings. The molecule has 3 rings (SSSR count). The van der Waals surface area contributed by atoms with Crippen molar-refractivity contribution in [3.63, 3.8) is 0 Å². The van der Waals surface area contributed by atoms with Crippen molar-refractivity contribution in [2.45, 2.75) is 24.1 Å². The van der Waals surface area contributed by atoms with Crippen LogP contribution in [-0.4, -0.2) is 20.9 Å². The topological polar surface area (TPSA) is 64.0 Å². The third-order valence-corrected chi connectivity index (χ3v) is 5.43. The summed E-state index contributed by atoms with van der Waals surface area (Å²) in [5.74, 6) is -0.882. The van der Waals surface area contributed by atoms with E-state index in [1.54, 1.807) is 19.1 Å². The van der Waals surface area contributed by atoms with Gasteiger partial charge in [-0.3, -0.25) is 9.59 Å². The lowest BCUT2D eigenvalue weighted by Crippen LogP contribution is -2.24. The summed E-state index contributed by atoms with van der Waals surface area (Å²) in [4.78, 5) is 24.6. The van der Waals surface area contributed by atoms with Gasteiger partial charge in [-0.1, -0.05) is 45.4 Å². The molecule has 0 spiro atoms. The number of carbonyl (C=O) groups excluding carboxylic acids is 1. The first-order valence-electron chi connectivity index (χ1n) is 8.43. The van der Waals surface area contributed by atoms with Crippen LogP contribution in [0.15, 0.2) is 68.9 Å². The highest BCUT2D eigenvalue weighted by Crippen LogP contribution is 2.24. The maximum absolute atomic E-state index is 13.9. The summed E-state index contributed by atoms with van der Waals surface area (Å²) in [6, 6.07) is 14.8. The standard InChI is InChI=1S/C20H17BrFN3O2S/c1-12-3-6-15(7-4-12)25-19(26)10-9-18(24-25)28-13(2)20(27)23-17-8-5-14(21)11-16(17)22/h3-11,13H,1-2H3,(H,23,27)/t13-/m1/s1. The molecule has 5 nitrogen and oxygen atoms in total. The zero-order valence-corrected chi connectivity index (χ0v) is 17.6. The molecule has 3 aromatic rings. The van der Waals surface area contributed by atoms with Crippen LogP contribution in [0, 0.1) is 12.7 Å². The molecule has 144 valence electrons. The molecule has 0 saturated carbocycles. The molecule has 1 heterocycles. The lowest BCUT2D eigenvalue weighted by atomic mass is 10.2. The summed E-state index contributed by atoms with van der Waals surface area (Å²) in [5.41, 5.74) is 1.57. The Morgan fingerprint density at radius 3 is 2.57 bits per heavy atom. The molecule has 2 aromatic carbocycles. The van der Waals surface area contributed by atoms with E-state index < -0.39 is 11.1 Å². The first-order valence-corrected chi connectivity index (χ1v) is 10.1. The second-order valence-electron chi connectivity index (χ2n) is 6.13. The van der Waals surface area contributed by atoms with Gasteiger partial charge < -0.3 is 5.32 Å². The number of aryl methyl sites for hydroxylation is 1. The van der Waals surface area contributed by atoms with E-state index in [1.165, 1.54) is 34.6 Å². The van der Waals surface area contributed by atoms with Gasteiger partial charge in [0.25, 0.3) is 5.56 Å². The second-order valence-corrected chi connectivity index (χ2v) is 8.41. The number of thioether (sulfide) groups is 1. The van der Waals surface area contributed by atoms with Crippen LogP contribution >= 0.6 is 27.7 Å². The molecule has 0 aliphatic heterocycles. The van der Waals surface area contributed by atoms with E-state index >= 15 is 0 Å². The smallest absolute Gasteiger partial charge is 0.271 e. The predicted molar refractivity (Wildman–Crippen MR) is 113 cm³/mol. The normalized spacial score (nSPS) is 11.9. The number of nitrogens with zero attached hydrogens (tertiary/aromatic N) is 2. The van der Waals surface area contributed by atoms with E-state index in [1.807, 2.05) is 31.2 Å². The first-order chi connectivity index (χ1) is 13.3. The number of aromatic nitrogens is 2. The number of benzene rings is 2. The van der Waals surface area contributed by atoms with Gasteiger partial charge in [0.1, 0.15) is 10.8 Å². The third kappa shape index (κ3) is 4.88. The number of carbonyl (C=O) groups is 1. The summed E-state index contributed by atoms with van der Waals surface area (Å²) in [6.07, 6.45) is 0. The average molecular weight is 462 g/mol. The van der Waals surface area contributed by atoms with Crippen molar-refractivity contribution in [1.82, 2.24) is 9.78 Å². The predicted octanol–water partition coefficient (Wildman–Crippen LogP) is 4.56. The van der Waals surface area contributed by atoms with Crippen LogP contribution < -0.4 is 10.9 Å². The molecule has 0 unspecified atom stereocenters. The Morgan fingerprint density at radius 2 is 1.89 bits per heavy atom. The Labute approximate surface area is 174 Å². The average Bonchev–Trinajstić information content (AvgIpc) is 2.66. The number of halogens is 2. The molecule has 1 amide bonds. The van der Waals surface area contributed by atoms with Crippen molar-refractivity contribution in [3.8, 4) is 5.69 Å². The molecular weight excluding hydrogens is 445 g/mol. The molecule has 1 atom stereocenters. The second kappa shape index (κ2) is 8.70. The molecule has 8 heteroatoms. The Balaban J connectivity index is 1.75. The van der Waals surface area contributed by atoms with Crippen LogP contribution in [0.2, 0.25) is 0 Å². The van der Waals surface area contributed by atoms with Crippen LogP contribution in [0.3, 0.4) is 0 Å². The summed E-state index contributed by atoms with van der Waals surface area (Å²) >= 11 is 4.36. The Bertz CT molecular complexity index is 1070. The van der Waals surface area contributed by atoms with Gasteiger partial charge in [0, 0.05) is 10.5 Å². The van der Waals surface area contributed by atoms with Gasteiger partial charge in [-0.05, 0) is 50.2 Å². The van der Waals surface area contributed by atoms with E-state index in [-0.39, 0.29) is 17.2 Å². The third-order valence-electron chi connectivity index (χ3n) is 3.91. The van der Waals surface area contributed by atoms with Gasteiger partial charge >= 0.3 is 0 Å². The Morgan fingerprint density at radius 1 is 1.18 bits per heavy atom. The highest BCUT2D eigenvalue weighted by Gasteiger charge is 2.17. The Kier molecular flexibility index (Phi) is 6.31. The van der Waals surface area contributed by atoms with Gasteiger partial charge in [-0.2, -0.15) is 9.78 Å². The van der Waals surface area contributed by atoms with Crippen LogP contribution in [-0.2, 0) is 4.79 Å². The summed E-state index contributed by atoms with van der Waals surface area (Å²) in [5, 5.41) is 6.88. The van der Waals surface area contributed by atoms with Crippen molar-refractivity contribution in [2.24, 2.45) is 0 Å². The van der Waals surface area contributed by atoms with Crippen molar-refractivity contribution in [2.75, 3.05) is 5.32 Å². The number of hydrogen-bond donors (Lipinski definition) is 1. The van der Waals surface area contributed by atoms with Crippen molar-refractivity contribution in [3.05, 3.63) is 80.8 Å². The molecule has 0 saturated heterocycles. The number of nitrogens with one attached hydrogen (secondary N) is 1. The van der Waals surface area contributed by atoms with Gasteiger partial charge in [-0.25, -0.2) is 4.39 Å². The first kappa shape index (κ1) is 20.3. The van der Waals surface area contributed by atoms with Crippen molar-refractivity contribution >= 4 is 39.3 Å². The fraction of sp³-hybridized carbons (Fsp3) is 0.150. The highest BCUT2D eigenvalue weighted by atomic mass is 79.9. The Hall–Kier alpha value is -2.45. The van der Waals surface area contributed by atoms with Crippen molar-refractivity contribution < 1.29 is 9.18 Å². The molecule has 0 fully saturated rings. The summed E-state index contributed by atoms with van der Waals surface area (Å²) in [6.45, 7) is 3.65. The lowest BCUT2D eigenvalue weighted by molar-refractivity contribution is -0.115. The van der Waals surface area contributed by atoms with E-state index in [0.29, 0.717) is 15.2 Å². The van der Waals surface area contributed by atoms with Crippen LogP contribution in [0.4, 0.5) is 10.1 Å². The molecule has 0 radical (unpaired) electrons. The molecular formula is C20H17BrFN3O2S. The minimum Gasteiger partial charge on any atom is -0.323 e. The van der Waals surface area contributed by atoms with E-state index in [9.17, 15) is 14.0 Å². The van der Waals surface area contributed by atoms with Gasteiger partial charge in [0.15, 0.2) is 0 Å². The zero-order valence-electron chi connectivity index (χ0n) is 15.1. The molecule has 0 bridgehead atoms.